The summed E-state index contributed by atoms with van der Waals surface area (Å²) in [6, 6.07) is 11.4. The quantitative estimate of drug-likeness (QED) is 0.318. The Kier molecular flexibility index (Phi) is 6.87. The van der Waals surface area contributed by atoms with Crippen molar-refractivity contribution in [1.29, 1.82) is 0 Å². The van der Waals surface area contributed by atoms with Gasteiger partial charge < -0.3 is 5.32 Å². The molecule has 4 aromatic rings. The Morgan fingerprint density at radius 1 is 1.12 bits per heavy atom. The van der Waals surface area contributed by atoms with Crippen LogP contribution in [-0.4, -0.2) is 19.9 Å². The first-order valence-corrected chi connectivity index (χ1v) is 11.0. The monoisotopic (exact) mass is 451 g/mol. The van der Waals surface area contributed by atoms with Crippen molar-refractivity contribution in [3.8, 4) is 11.3 Å². The van der Waals surface area contributed by atoms with Gasteiger partial charge in [-0.25, -0.2) is 14.4 Å². The number of nitrogens with one attached hydrogen (secondary N) is 1. The molecule has 0 bridgehead atoms. The van der Waals surface area contributed by atoms with E-state index in [0.717, 1.165) is 38.9 Å². The summed E-state index contributed by atoms with van der Waals surface area (Å²) in [6.07, 6.45) is 10.9. The molecule has 0 spiro atoms. The first-order valence-electron chi connectivity index (χ1n) is 11.0. The van der Waals surface area contributed by atoms with Crippen LogP contribution < -0.4 is 5.32 Å². The van der Waals surface area contributed by atoms with Crippen LogP contribution in [0.4, 0.5) is 10.2 Å². The molecule has 3 aromatic heterocycles. The van der Waals surface area contributed by atoms with Crippen molar-refractivity contribution in [2.75, 3.05) is 5.32 Å². The van der Waals surface area contributed by atoms with E-state index in [1.165, 1.54) is 6.33 Å². The molecular formula is C28H26FN5. The molecule has 0 aliphatic carbocycles. The number of anilines is 1. The summed E-state index contributed by atoms with van der Waals surface area (Å²) in [4.78, 5) is 17.2. The van der Waals surface area contributed by atoms with Crippen molar-refractivity contribution in [2.45, 2.75) is 27.3 Å². The van der Waals surface area contributed by atoms with Crippen LogP contribution in [0.1, 0.15) is 30.7 Å². The Labute approximate surface area is 198 Å². The molecule has 4 rings (SSSR count). The van der Waals surface area contributed by atoms with Gasteiger partial charge in [-0.15, -0.1) is 0 Å². The van der Waals surface area contributed by atoms with Gasteiger partial charge >= 0.3 is 0 Å². The van der Waals surface area contributed by atoms with Crippen LogP contribution >= 0.6 is 0 Å². The maximum absolute atomic E-state index is 15.3. The third-order valence-electron chi connectivity index (χ3n) is 5.28. The number of nitrogens with zero attached hydrogens (tertiary/aromatic N) is 4. The van der Waals surface area contributed by atoms with E-state index in [-0.39, 0.29) is 11.5 Å². The molecule has 0 unspecified atom stereocenters. The van der Waals surface area contributed by atoms with Gasteiger partial charge in [0, 0.05) is 35.5 Å². The van der Waals surface area contributed by atoms with Gasteiger partial charge in [-0.05, 0) is 50.1 Å². The maximum Gasteiger partial charge on any atom is 0.191 e. The molecular weight excluding hydrogens is 425 g/mol. The van der Waals surface area contributed by atoms with Crippen LogP contribution in [-0.2, 0) is 6.54 Å². The largest absolute Gasteiger partial charge is 0.363 e. The molecule has 0 fully saturated rings. The number of pyridine rings is 2. The fourth-order valence-corrected chi connectivity index (χ4v) is 3.78. The molecule has 3 heterocycles. The predicted octanol–water partition coefficient (Wildman–Crippen LogP) is 6.68. The second-order valence-corrected chi connectivity index (χ2v) is 8.10. The number of allylic oxidation sites excluding steroid dienone is 5. The number of hydrogen-bond acceptors (Lipinski definition) is 5. The fraction of sp³-hybridized carbons (Fsp3) is 0.143. The molecule has 0 saturated carbocycles. The average Bonchev–Trinajstić information content (AvgIpc) is 2.83. The number of benzene rings is 1. The summed E-state index contributed by atoms with van der Waals surface area (Å²) in [5.74, 6) is -0.346. The maximum atomic E-state index is 15.3. The second-order valence-electron chi connectivity index (χ2n) is 8.10. The van der Waals surface area contributed by atoms with E-state index >= 15 is 4.39 Å². The Morgan fingerprint density at radius 3 is 2.74 bits per heavy atom. The molecule has 0 amide bonds. The highest BCUT2D eigenvalue weighted by atomic mass is 19.1. The average molecular weight is 452 g/mol. The molecule has 34 heavy (non-hydrogen) atoms. The minimum absolute atomic E-state index is 0.148. The normalized spacial score (nSPS) is 11.8. The zero-order chi connectivity index (χ0) is 24.1. The first kappa shape index (κ1) is 23.0. The highest BCUT2D eigenvalue weighted by Crippen LogP contribution is 2.27. The standard InChI is InChI=1S/C28H26FN5/c1-5-7-22(12-18(2)3)26-19(4)13-20(15-31-26)16-32-28-25(29)27(33-17-34-28)23-9-10-24-21(14-23)8-6-11-30-24/h5-15,17H,2,16H2,1,3-4H3,(H,32,33,34)/b7-5-,22-12+. The molecule has 0 saturated heterocycles. The van der Waals surface area contributed by atoms with Gasteiger partial charge in [0.05, 0.1) is 11.2 Å². The van der Waals surface area contributed by atoms with E-state index in [9.17, 15) is 0 Å². The summed E-state index contributed by atoms with van der Waals surface area (Å²) >= 11 is 0. The number of aromatic nitrogens is 4. The van der Waals surface area contributed by atoms with Crippen LogP contribution in [0.25, 0.3) is 27.7 Å². The first-order chi connectivity index (χ1) is 16.5. The van der Waals surface area contributed by atoms with E-state index in [1.54, 1.807) is 12.4 Å². The number of rotatable bonds is 7. The highest BCUT2D eigenvalue weighted by molar-refractivity contribution is 5.84. The number of fused-ring (bicyclic) bond motifs is 1. The molecule has 5 nitrogen and oxygen atoms in total. The predicted molar refractivity (Wildman–Crippen MR) is 137 cm³/mol. The molecule has 1 N–H and O–H groups in total. The lowest BCUT2D eigenvalue weighted by molar-refractivity contribution is 0.621. The van der Waals surface area contributed by atoms with E-state index in [2.05, 4.69) is 31.8 Å². The van der Waals surface area contributed by atoms with Gasteiger partial charge in [0.15, 0.2) is 11.6 Å². The molecule has 0 atom stereocenters. The highest BCUT2D eigenvalue weighted by Gasteiger charge is 2.14. The van der Waals surface area contributed by atoms with E-state index in [0.29, 0.717) is 12.1 Å². The summed E-state index contributed by atoms with van der Waals surface area (Å²) in [5.41, 5.74) is 6.57. The number of hydrogen-bond donors (Lipinski definition) is 1. The summed E-state index contributed by atoms with van der Waals surface area (Å²) in [7, 11) is 0. The van der Waals surface area contributed by atoms with Crippen LogP contribution in [0, 0.1) is 12.7 Å². The minimum atomic E-state index is -0.494. The van der Waals surface area contributed by atoms with E-state index < -0.39 is 5.82 Å². The third-order valence-corrected chi connectivity index (χ3v) is 5.28. The van der Waals surface area contributed by atoms with Crippen LogP contribution in [0.3, 0.4) is 0 Å². The second kappa shape index (κ2) is 10.2. The molecule has 6 heteroatoms. The Balaban J connectivity index is 1.56. The molecule has 1 aromatic carbocycles. The zero-order valence-corrected chi connectivity index (χ0v) is 19.5. The molecule has 170 valence electrons. The van der Waals surface area contributed by atoms with Gasteiger partial charge in [-0.2, -0.15) is 0 Å². The Morgan fingerprint density at radius 2 is 1.97 bits per heavy atom. The van der Waals surface area contributed by atoms with Crippen LogP contribution in [0.5, 0.6) is 0 Å². The van der Waals surface area contributed by atoms with Gasteiger partial charge in [0.2, 0.25) is 0 Å². The molecule has 0 aliphatic heterocycles. The van der Waals surface area contributed by atoms with Gasteiger partial charge in [-0.3, -0.25) is 9.97 Å². The lowest BCUT2D eigenvalue weighted by atomic mass is 10.0. The Hall–Kier alpha value is -4.19. The third kappa shape index (κ3) is 5.07. The molecule has 0 aliphatic rings. The van der Waals surface area contributed by atoms with Crippen molar-refractivity contribution in [1.82, 2.24) is 19.9 Å². The van der Waals surface area contributed by atoms with Crippen molar-refractivity contribution in [3.63, 3.8) is 0 Å². The van der Waals surface area contributed by atoms with E-state index in [4.69, 9.17) is 0 Å². The van der Waals surface area contributed by atoms with Crippen molar-refractivity contribution >= 4 is 22.3 Å². The lowest BCUT2D eigenvalue weighted by Crippen LogP contribution is -2.07. The van der Waals surface area contributed by atoms with E-state index in [1.807, 2.05) is 75.4 Å². The topological polar surface area (TPSA) is 63.6 Å². The summed E-state index contributed by atoms with van der Waals surface area (Å²) in [6.45, 7) is 10.3. The zero-order valence-electron chi connectivity index (χ0n) is 19.5. The van der Waals surface area contributed by atoms with Gasteiger partial charge in [0.25, 0.3) is 0 Å². The number of aryl methyl sites for hydroxylation is 1. The van der Waals surface area contributed by atoms with Crippen molar-refractivity contribution < 1.29 is 4.39 Å². The van der Waals surface area contributed by atoms with Crippen molar-refractivity contribution in [2.24, 2.45) is 0 Å². The SMILES string of the molecule is C=C(C)/C=C(\C=C/C)c1ncc(CNc2ncnc(-c3ccc4ncccc4c3)c2F)cc1C. The fourth-order valence-electron chi connectivity index (χ4n) is 3.78. The van der Waals surface area contributed by atoms with Crippen LogP contribution in [0.15, 0.2) is 85.5 Å². The molecule has 0 radical (unpaired) electrons. The van der Waals surface area contributed by atoms with Crippen molar-refractivity contribution in [3.05, 3.63) is 108 Å². The smallest absolute Gasteiger partial charge is 0.191 e. The number of halogens is 1. The summed E-state index contributed by atoms with van der Waals surface area (Å²) in [5, 5.41) is 4.01. The summed E-state index contributed by atoms with van der Waals surface area (Å²) < 4.78 is 15.3. The van der Waals surface area contributed by atoms with Gasteiger partial charge in [-0.1, -0.05) is 48.6 Å². The van der Waals surface area contributed by atoms with Gasteiger partial charge in [0.1, 0.15) is 12.0 Å². The Bertz CT molecular complexity index is 1420. The minimum Gasteiger partial charge on any atom is -0.363 e. The van der Waals surface area contributed by atoms with Crippen LogP contribution in [0.2, 0.25) is 0 Å². The lowest BCUT2D eigenvalue weighted by Gasteiger charge is -2.12.